The van der Waals surface area contributed by atoms with Crippen LogP contribution in [0.5, 0.6) is 5.75 Å². The van der Waals surface area contributed by atoms with Gasteiger partial charge in [-0.15, -0.1) is 0 Å². The normalized spacial score (nSPS) is 10.1. The molecule has 2 rings (SSSR count). The molecule has 20 heavy (non-hydrogen) atoms. The highest BCUT2D eigenvalue weighted by Gasteiger charge is 2.14. The van der Waals surface area contributed by atoms with Crippen molar-refractivity contribution in [2.45, 2.75) is 6.42 Å². The number of halogens is 1. The number of amides is 1. The molecular weight excluding hydrogens is 278 g/mol. The molecule has 0 saturated heterocycles. The zero-order valence-corrected chi connectivity index (χ0v) is 11.6. The van der Waals surface area contributed by atoms with E-state index in [9.17, 15) is 4.79 Å². The third-order valence-electron chi connectivity index (χ3n) is 2.78. The zero-order valence-electron chi connectivity index (χ0n) is 10.8. The maximum atomic E-state index is 12.1. The summed E-state index contributed by atoms with van der Waals surface area (Å²) >= 11 is 6.10. The molecular formula is C14H12ClN3O2. The molecule has 0 unspecified atom stereocenters. The lowest BCUT2D eigenvalue weighted by Gasteiger charge is -2.10. The number of nitriles is 1. The van der Waals surface area contributed by atoms with Gasteiger partial charge in [0.15, 0.2) is 0 Å². The van der Waals surface area contributed by atoms with Gasteiger partial charge in [-0.1, -0.05) is 11.6 Å². The zero-order chi connectivity index (χ0) is 14.5. The van der Waals surface area contributed by atoms with Crippen LogP contribution in [0.2, 0.25) is 5.02 Å². The van der Waals surface area contributed by atoms with E-state index in [2.05, 4.69) is 10.3 Å². The second kappa shape index (κ2) is 6.22. The van der Waals surface area contributed by atoms with Crippen molar-refractivity contribution in [3.8, 4) is 11.8 Å². The Morgan fingerprint density at radius 2 is 2.35 bits per heavy atom. The predicted molar refractivity (Wildman–Crippen MR) is 75.9 cm³/mol. The highest BCUT2D eigenvalue weighted by atomic mass is 35.5. The van der Waals surface area contributed by atoms with Crippen LogP contribution in [0.15, 0.2) is 24.4 Å². The topological polar surface area (TPSA) is 75.0 Å². The summed E-state index contributed by atoms with van der Waals surface area (Å²) in [6.07, 6.45) is 1.85. The first-order chi connectivity index (χ1) is 9.67. The molecule has 5 nitrogen and oxygen atoms in total. The predicted octanol–water partition coefficient (Wildman–Crippen LogP) is 2.54. The Kier molecular flexibility index (Phi) is 4.38. The number of rotatable bonds is 4. The number of fused-ring (bicyclic) bond motifs is 1. The van der Waals surface area contributed by atoms with Crippen molar-refractivity contribution >= 4 is 28.4 Å². The monoisotopic (exact) mass is 289 g/mol. The minimum absolute atomic E-state index is 0.254. The fourth-order valence-corrected chi connectivity index (χ4v) is 2.02. The van der Waals surface area contributed by atoms with Crippen molar-refractivity contribution in [1.29, 1.82) is 5.26 Å². The van der Waals surface area contributed by atoms with Gasteiger partial charge in [-0.25, -0.2) is 0 Å². The summed E-state index contributed by atoms with van der Waals surface area (Å²) in [4.78, 5) is 16.3. The summed E-state index contributed by atoms with van der Waals surface area (Å²) in [5, 5.41) is 12.3. The van der Waals surface area contributed by atoms with Crippen molar-refractivity contribution in [2.24, 2.45) is 0 Å². The lowest BCUT2D eigenvalue weighted by atomic mass is 10.1. The molecule has 102 valence electrons. The van der Waals surface area contributed by atoms with Crippen LogP contribution in [-0.2, 0) is 0 Å². The van der Waals surface area contributed by atoms with Gasteiger partial charge in [0.1, 0.15) is 5.75 Å². The van der Waals surface area contributed by atoms with E-state index in [0.29, 0.717) is 27.2 Å². The summed E-state index contributed by atoms with van der Waals surface area (Å²) in [5.74, 6) is 0.112. The molecule has 0 radical (unpaired) electrons. The third kappa shape index (κ3) is 2.81. The highest BCUT2D eigenvalue weighted by molar-refractivity contribution is 6.35. The van der Waals surface area contributed by atoms with E-state index in [1.165, 1.54) is 7.11 Å². The number of aromatic nitrogens is 1. The summed E-state index contributed by atoms with van der Waals surface area (Å²) in [7, 11) is 1.48. The fraction of sp³-hybridized carbons (Fsp3) is 0.214. The van der Waals surface area contributed by atoms with E-state index >= 15 is 0 Å². The van der Waals surface area contributed by atoms with E-state index in [1.54, 1.807) is 24.4 Å². The minimum atomic E-state index is -0.307. The van der Waals surface area contributed by atoms with Crippen LogP contribution < -0.4 is 10.1 Å². The van der Waals surface area contributed by atoms with Gasteiger partial charge in [0.05, 0.1) is 35.7 Å². The van der Waals surface area contributed by atoms with Crippen molar-refractivity contribution in [3.63, 3.8) is 0 Å². The number of hydrogen-bond donors (Lipinski definition) is 1. The lowest BCUT2D eigenvalue weighted by Crippen LogP contribution is -2.24. The second-order valence-electron chi connectivity index (χ2n) is 4.03. The summed E-state index contributed by atoms with van der Waals surface area (Å²) in [5.41, 5.74) is 1.02. The standard InChI is InChI=1S/C14H12ClN3O2/c1-20-13-8-12-9(11(15)3-6-17-12)7-10(13)14(19)18-5-2-4-16/h3,6-8H,2,5H2,1H3,(H,18,19). The molecule has 0 aliphatic heterocycles. The Hall–Kier alpha value is -2.32. The number of benzene rings is 1. The first kappa shape index (κ1) is 14.1. The Morgan fingerprint density at radius 1 is 1.55 bits per heavy atom. The van der Waals surface area contributed by atoms with E-state index in [-0.39, 0.29) is 18.9 Å². The van der Waals surface area contributed by atoms with Crippen LogP contribution in [0.25, 0.3) is 10.9 Å². The van der Waals surface area contributed by atoms with Crippen LogP contribution in [0.1, 0.15) is 16.8 Å². The molecule has 0 aliphatic rings. The van der Waals surface area contributed by atoms with Crippen LogP contribution in [0.3, 0.4) is 0 Å². The van der Waals surface area contributed by atoms with Gasteiger partial charge < -0.3 is 10.1 Å². The third-order valence-corrected chi connectivity index (χ3v) is 3.11. The number of methoxy groups -OCH3 is 1. The van der Waals surface area contributed by atoms with Gasteiger partial charge >= 0.3 is 0 Å². The van der Waals surface area contributed by atoms with Gasteiger partial charge in [-0.3, -0.25) is 9.78 Å². The first-order valence-electron chi connectivity index (χ1n) is 5.94. The van der Waals surface area contributed by atoms with E-state index in [4.69, 9.17) is 21.6 Å². The molecule has 0 fully saturated rings. The van der Waals surface area contributed by atoms with Crippen LogP contribution in [0.4, 0.5) is 0 Å². The second-order valence-corrected chi connectivity index (χ2v) is 4.43. The number of carbonyl (C=O) groups excluding carboxylic acids is 1. The van der Waals surface area contributed by atoms with Crippen LogP contribution in [0, 0.1) is 11.3 Å². The number of pyridine rings is 1. The number of hydrogen-bond acceptors (Lipinski definition) is 4. The van der Waals surface area contributed by atoms with Gasteiger partial charge in [-0.2, -0.15) is 5.26 Å². The minimum Gasteiger partial charge on any atom is -0.496 e. The molecule has 0 atom stereocenters. The van der Waals surface area contributed by atoms with Gasteiger partial charge in [0.25, 0.3) is 5.91 Å². The average Bonchev–Trinajstić information content (AvgIpc) is 2.46. The Morgan fingerprint density at radius 3 is 3.05 bits per heavy atom. The molecule has 1 N–H and O–H groups in total. The average molecular weight is 290 g/mol. The summed E-state index contributed by atoms with van der Waals surface area (Å²) < 4.78 is 5.21. The molecule has 1 aromatic heterocycles. The molecule has 0 aliphatic carbocycles. The van der Waals surface area contributed by atoms with Gasteiger partial charge in [-0.05, 0) is 12.1 Å². The van der Waals surface area contributed by atoms with E-state index in [0.717, 1.165) is 0 Å². The Labute approximate surface area is 121 Å². The number of carbonyl (C=O) groups is 1. The van der Waals surface area contributed by atoms with E-state index in [1.807, 2.05) is 6.07 Å². The number of nitrogens with zero attached hydrogens (tertiary/aromatic N) is 2. The van der Waals surface area contributed by atoms with Gasteiger partial charge in [0, 0.05) is 24.2 Å². The smallest absolute Gasteiger partial charge is 0.255 e. The SMILES string of the molecule is COc1cc2nccc(Cl)c2cc1C(=O)NCCC#N. The van der Waals surface area contributed by atoms with Crippen molar-refractivity contribution in [3.05, 3.63) is 35.0 Å². The molecule has 0 spiro atoms. The largest absolute Gasteiger partial charge is 0.496 e. The van der Waals surface area contributed by atoms with Crippen LogP contribution in [-0.4, -0.2) is 24.5 Å². The van der Waals surface area contributed by atoms with Crippen LogP contribution >= 0.6 is 11.6 Å². The summed E-state index contributed by atoms with van der Waals surface area (Å²) in [6, 6.07) is 6.94. The molecule has 2 aromatic rings. The number of nitrogens with one attached hydrogen (secondary N) is 1. The highest BCUT2D eigenvalue weighted by Crippen LogP contribution is 2.29. The van der Waals surface area contributed by atoms with Crippen molar-refractivity contribution in [1.82, 2.24) is 10.3 Å². The molecule has 0 bridgehead atoms. The molecule has 0 saturated carbocycles. The lowest BCUT2D eigenvalue weighted by molar-refractivity contribution is 0.0951. The maximum absolute atomic E-state index is 12.1. The number of ether oxygens (including phenoxy) is 1. The Balaban J connectivity index is 2.43. The first-order valence-corrected chi connectivity index (χ1v) is 6.32. The quantitative estimate of drug-likeness (QED) is 0.878. The van der Waals surface area contributed by atoms with E-state index < -0.39 is 0 Å². The molecule has 6 heteroatoms. The van der Waals surface area contributed by atoms with Crippen molar-refractivity contribution in [2.75, 3.05) is 13.7 Å². The Bertz CT molecular complexity index is 695. The molecule has 1 aromatic carbocycles. The van der Waals surface area contributed by atoms with Gasteiger partial charge in [0.2, 0.25) is 0 Å². The molecule has 1 heterocycles. The van der Waals surface area contributed by atoms with Crippen molar-refractivity contribution < 1.29 is 9.53 Å². The fourth-order valence-electron chi connectivity index (χ4n) is 1.81. The maximum Gasteiger partial charge on any atom is 0.255 e. The molecule has 1 amide bonds. The summed E-state index contributed by atoms with van der Waals surface area (Å²) in [6.45, 7) is 0.289.